The Kier molecular flexibility index (Phi) is 5.22. The van der Waals surface area contributed by atoms with Gasteiger partial charge in [0.25, 0.3) is 0 Å². The summed E-state index contributed by atoms with van der Waals surface area (Å²) in [6, 6.07) is 14.4. The summed E-state index contributed by atoms with van der Waals surface area (Å²) in [5.74, 6) is -0.507. The van der Waals surface area contributed by atoms with Crippen molar-refractivity contribution in [1.82, 2.24) is 5.32 Å². The highest BCUT2D eigenvalue weighted by molar-refractivity contribution is 6.23. The number of esters is 1. The number of allylic oxidation sites excluding steroid dienone is 2. The Balaban J connectivity index is 1.90. The molecule has 2 aromatic carbocycles. The van der Waals surface area contributed by atoms with Gasteiger partial charge in [0, 0.05) is 28.3 Å². The summed E-state index contributed by atoms with van der Waals surface area (Å²) in [6.07, 6.45) is 0. The van der Waals surface area contributed by atoms with Crippen molar-refractivity contribution < 1.29 is 23.8 Å². The van der Waals surface area contributed by atoms with Crippen LogP contribution in [-0.4, -0.2) is 32.6 Å². The standard InChI is InChI=1S/C24H20N2O5/c1-13-19(24(28)30-3)20(14-8-9-17(31-11-10-25)18(12-14)29-2)21-22(26-13)15-6-4-5-7-16(15)23(21)27/h4-9,12,20,26H,11H2,1-3H3/t20-/m0/s1. The lowest BCUT2D eigenvalue weighted by Gasteiger charge is -2.29. The van der Waals surface area contributed by atoms with Crippen LogP contribution in [0.15, 0.2) is 59.3 Å². The molecule has 0 spiro atoms. The van der Waals surface area contributed by atoms with Gasteiger partial charge in [-0.25, -0.2) is 4.79 Å². The van der Waals surface area contributed by atoms with Gasteiger partial charge >= 0.3 is 5.97 Å². The maximum absolute atomic E-state index is 13.4. The van der Waals surface area contributed by atoms with Crippen LogP contribution in [0.2, 0.25) is 0 Å². The smallest absolute Gasteiger partial charge is 0.336 e. The number of nitriles is 1. The van der Waals surface area contributed by atoms with Crippen molar-refractivity contribution in [3.05, 3.63) is 76.0 Å². The molecule has 1 aliphatic carbocycles. The number of fused-ring (bicyclic) bond motifs is 2. The third kappa shape index (κ3) is 3.22. The number of nitrogens with one attached hydrogen (secondary N) is 1. The van der Waals surface area contributed by atoms with E-state index < -0.39 is 11.9 Å². The lowest BCUT2D eigenvalue weighted by atomic mass is 9.79. The number of Topliss-reactive ketones (excluding diaryl/α,β-unsaturated/α-hetero) is 1. The van der Waals surface area contributed by atoms with Crippen LogP contribution in [0, 0.1) is 11.3 Å². The van der Waals surface area contributed by atoms with Crippen molar-refractivity contribution in [3.63, 3.8) is 0 Å². The molecular weight excluding hydrogens is 396 g/mol. The number of benzene rings is 2. The van der Waals surface area contributed by atoms with E-state index in [-0.39, 0.29) is 12.4 Å². The molecule has 4 rings (SSSR count). The van der Waals surface area contributed by atoms with Crippen molar-refractivity contribution >= 4 is 17.4 Å². The first-order valence-corrected chi connectivity index (χ1v) is 9.63. The molecule has 1 heterocycles. The van der Waals surface area contributed by atoms with E-state index in [9.17, 15) is 9.59 Å². The van der Waals surface area contributed by atoms with Gasteiger partial charge in [-0.05, 0) is 24.6 Å². The first-order valence-electron chi connectivity index (χ1n) is 9.63. The first kappa shape index (κ1) is 20.2. The molecule has 7 nitrogen and oxygen atoms in total. The Hall–Kier alpha value is -4.05. The van der Waals surface area contributed by atoms with Crippen molar-refractivity contribution in [2.24, 2.45) is 0 Å². The minimum absolute atomic E-state index is 0.126. The molecule has 0 saturated heterocycles. The first-order chi connectivity index (χ1) is 15.0. The number of hydrogen-bond acceptors (Lipinski definition) is 7. The largest absolute Gasteiger partial charge is 0.493 e. The van der Waals surface area contributed by atoms with Crippen LogP contribution in [0.1, 0.15) is 34.3 Å². The SMILES string of the molecule is COC(=O)C1=C(C)NC2=C(C(=O)c3ccccc32)[C@H]1c1ccc(OCC#N)c(OC)c1. The Bertz CT molecular complexity index is 1200. The Morgan fingerprint density at radius 2 is 1.87 bits per heavy atom. The quantitative estimate of drug-likeness (QED) is 0.747. The van der Waals surface area contributed by atoms with Gasteiger partial charge in [-0.3, -0.25) is 4.79 Å². The maximum atomic E-state index is 13.4. The summed E-state index contributed by atoms with van der Waals surface area (Å²) >= 11 is 0. The molecule has 0 unspecified atom stereocenters. The highest BCUT2D eigenvalue weighted by atomic mass is 16.5. The van der Waals surface area contributed by atoms with E-state index in [1.807, 2.05) is 24.3 Å². The fraction of sp³-hybridized carbons (Fsp3) is 0.208. The topological polar surface area (TPSA) is 97.6 Å². The number of rotatable bonds is 5. The van der Waals surface area contributed by atoms with Gasteiger partial charge in [-0.2, -0.15) is 5.26 Å². The predicted molar refractivity (Wildman–Crippen MR) is 112 cm³/mol. The molecule has 7 heteroatoms. The molecule has 0 saturated carbocycles. The van der Waals surface area contributed by atoms with Gasteiger partial charge in [-0.15, -0.1) is 0 Å². The molecule has 0 fully saturated rings. The molecule has 156 valence electrons. The van der Waals surface area contributed by atoms with Crippen LogP contribution >= 0.6 is 0 Å². The van der Waals surface area contributed by atoms with Gasteiger partial charge < -0.3 is 19.5 Å². The lowest BCUT2D eigenvalue weighted by molar-refractivity contribution is -0.136. The second-order valence-electron chi connectivity index (χ2n) is 7.11. The van der Waals surface area contributed by atoms with E-state index in [1.165, 1.54) is 14.2 Å². The molecule has 1 N–H and O–H groups in total. The number of ether oxygens (including phenoxy) is 3. The molecule has 0 aromatic heterocycles. The molecule has 1 atom stereocenters. The van der Waals surface area contributed by atoms with Crippen LogP contribution < -0.4 is 14.8 Å². The fourth-order valence-corrected chi connectivity index (χ4v) is 4.14. The summed E-state index contributed by atoms with van der Waals surface area (Å²) in [4.78, 5) is 26.1. The molecule has 0 amide bonds. The molecule has 31 heavy (non-hydrogen) atoms. The predicted octanol–water partition coefficient (Wildman–Crippen LogP) is 3.34. The average molecular weight is 416 g/mol. The number of carbonyl (C=O) groups excluding carboxylic acids is 2. The Labute approximate surface area is 179 Å². The van der Waals surface area contributed by atoms with Crippen molar-refractivity contribution in [2.75, 3.05) is 20.8 Å². The Morgan fingerprint density at radius 3 is 2.55 bits per heavy atom. The van der Waals surface area contributed by atoms with Gasteiger partial charge in [0.2, 0.25) is 0 Å². The number of carbonyl (C=O) groups is 2. The fourth-order valence-electron chi connectivity index (χ4n) is 4.14. The van der Waals surface area contributed by atoms with Gasteiger partial charge in [0.1, 0.15) is 6.07 Å². The number of ketones is 1. The molecule has 2 aromatic rings. The third-order valence-corrected chi connectivity index (χ3v) is 5.47. The van der Waals surface area contributed by atoms with E-state index in [4.69, 9.17) is 19.5 Å². The zero-order valence-corrected chi connectivity index (χ0v) is 17.3. The third-order valence-electron chi connectivity index (χ3n) is 5.47. The minimum atomic E-state index is -0.650. The minimum Gasteiger partial charge on any atom is -0.493 e. The summed E-state index contributed by atoms with van der Waals surface area (Å²) in [6.45, 7) is 1.66. The van der Waals surface area contributed by atoms with Gasteiger partial charge in [-0.1, -0.05) is 30.3 Å². The van der Waals surface area contributed by atoms with Crippen molar-refractivity contribution in [2.45, 2.75) is 12.8 Å². The van der Waals surface area contributed by atoms with E-state index in [0.717, 1.165) is 5.56 Å². The van der Waals surface area contributed by atoms with Crippen molar-refractivity contribution in [3.8, 4) is 17.6 Å². The highest BCUT2D eigenvalue weighted by Gasteiger charge is 2.42. The molecular formula is C24H20N2O5. The molecule has 0 bridgehead atoms. The van der Waals surface area contributed by atoms with Gasteiger partial charge in [0.05, 0.1) is 25.5 Å². The maximum Gasteiger partial charge on any atom is 0.336 e. The summed E-state index contributed by atoms with van der Waals surface area (Å²) in [5, 5.41) is 12.0. The zero-order chi connectivity index (χ0) is 22.1. The van der Waals surface area contributed by atoms with Crippen LogP contribution in [0.3, 0.4) is 0 Å². The zero-order valence-electron chi connectivity index (χ0n) is 17.3. The summed E-state index contributed by atoms with van der Waals surface area (Å²) in [5.41, 5.74) is 4.22. The Morgan fingerprint density at radius 1 is 1.13 bits per heavy atom. The van der Waals surface area contributed by atoms with Gasteiger partial charge in [0.15, 0.2) is 23.9 Å². The van der Waals surface area contributed by atoms with Crippen LogP contribution in [0.25, 0.3) is 5.70 Å². The van der Waals surface area contributed by atoms with Crippen LogP contribution in [0.4, 0.5) is 0 Å². The average Bonchev–Trinajstić information content (AvgIpc) is 3.08. The second-order valence-corrected chi connectivity index (χ2v) is 7.11. The molecule has 0 radical (unpaired) electrons. The number of methoxy groups -OCH3 is 2. The van der Waals surface area contributed by atoms with Crippen LogP contribution in [0.5, 0.6) is 11.5 Å². The summed E-state index contributed by atoms with van der Waals surface area (Å²) in [7, 11) is 2.80. The van der Waals surface area contributed by atoms with Crippen molar-refractivity contribution in [1.29, 1.82) is 5.26 Å². The summed E-state index contributed by atoms with van der Waals surface area (Å²) < 4.78 is 15.9. The molecule has 2 aliphatic rings. The highest BCUT2D eigenvalue weighted by Crippen LogP contribution is 2.47. The lowest BCUT2D eigenvalue weighted by Crippen LogP contribution is -2.29. The number of nitrogens with zero attached hydrogens (tertiary/aromatic N) is 1. The number of hydrogen-bond donors (Lipinski definition) is 1. The van der Waals surface area contributed by atoms with E-state index in [2.05, 4.69) is 5.32 Å². The molecule has 1 aliphatic heterocycles. The van der Waals surface area contributed by atoms with E-state index in [1.54, 1.807) is 31.2 Å². The van der Waals surface area contributed by atoms with E-state index in [0.29, 0.717) is 45.2 Å². The van der Waals surface area contributed by atoms with E-state index >= 15 is 0 Å². The van der Waals surface area contributed by atoms with Crippen LogP contribution in [-0.2, 0) is 9.53 Å². The number of dihydropyridines is 1. The second kappa shape index (κ2) is 8.00. The normalized spacial score (nSPS) is 16.8. The monoisotopic (exact) mass is 416 g/mol.